The monoisotopic (exact) mass is 245 g/mol. The Morgan fingerprint density at radius 2 is 1.82 bits per heavy atom. The van der Waals surface area contributed by atoms with Crippen molar-refractivity contribution in [3.63, 3.8) is 0 Å². The van der Waals surface area contributed by atoms with Crippen LogP contribution in [0.1, 0.15) is 40.5 Å². The first-order valence-corrected chi connectivity index (χ1v) is 6.43. The molecule has 0 fully saturated rings. The van der Waals surface area contributed by atoms with E-state index in [0.717, 1.165) is 19.5 Å². The molecule has 102 valence electrons. The molecule has 0 aromatic rings. The summed E-state index contributed by atoms with van der Waals surface area (Å²) in [5, 5.41) is 0. The van der Waals surface area contributed by atoms with E-state index in [1.54, 1.807) is 7.11 Å². The average molecular weight is 245 g/mol. The minimum atomic E-state index is -0.175. The van der Waals surface area contributed by atoms with Crippen LogP contribution in [0.15, 0.2) is 0 Å². The Morgan fingerprint density at radius 3 is 2.24 bits per heavy atom. The lowest BCUT2D eigenvalue weighted by molar-refractivity contribution is -0.146. The molecule has 0 saturated heterocycles. The van der Waals surface area contributed by atoms with Crippen LogP contribution < -0.4 is 0 Å². The van der Waals surface area contributed by atoms with Crippen molar-refractivity contribution in [2.45, 2.75) is 46.1 Å². The van der Waals surface area contributed by atoms with Crippen molar-refractivity contribution in [2.24, 2.45) is 0 Å². The van der Waals surface area contributed by atoms with Crippen LogP contribution in [0.2, 0.25) is 0 Å². The number of carbonyl (C=O) groups excluding carboxylic acids is 1. The highest BCUT2D eigenvalue weighted by Gasteiger charge is 2.32. The number of ether oxygens (including phenoxy) is 2. The predicted molar refractivity (Wildman–Crippen MR) is 69.1 cm³/mol. The summed E-state index contributed by atoms with van der Waals surface area (Å²) in [6.07, 6.45) is 1.26. The number of hydrogen-bond acceptors (Lipinski definition) is 4. The molecule has 4 heteroatoms. The van der Waals surface area contributed by atoms with E-state index in [9.17, 15) is 4.79 Å². The molecule has 0 rings (SSSR count). The van der Waals surface area contributed by atoms with Crippen LogP contribution in [0.4, 0.5) is 0 Å². The molecule has 0 aromatic heterocycles. The molecule has 17 heavy (non-hydrogen) atoms. The quantitative estimate of drug-likeness (QED) is 0.583. The summed E-state index contributed by atoms with van der Waals surface area (Å²) in [6.45, 7) is 11.1. The molecule has 0 spiro atoms. The Bertz CT molecular complexity index is 217. The maximum Gasteiger partial charge on any atom is 0.307 e. The van der Waals surface area contributed by atoms with Gasteiger partial charge in [-0.3, -0.25) is 9.69 Å². The fraction of sp³-hybridized carbons (Fsp3) is 0.923. The topological polar surface area (TPSA) is 38.8 Å². The van der Waals surface area contributed by atoms with E-state index < -0.39 is 0 Å². The number of nitrogens with zero attached hydrogens (tertiary/aromatic N) is 1. The number of hydrogen-bond donors (Lipinski definition) is 0. The molecule has 0 heterocycles. The lowest BCUT2D eigenvalue weighted by Gasteiger charge is -2.39. The van der Waals surface area contributed by atoms with E-state index in [1.165, 1.54) is 0 Å². The second-order valence-electron chi connectivity index (χ2n) is 4.39. The van der Waals surface area contributed by atoms with Gasteiger partial charge in [-0.15, -0.1) is 0 Å². The van der Waals surface area contributed by atoms with Gasteiger partial charge in [0.05, 0.1) is 13.0 Å². The van der Waals surface area contributed by atoms with Crippen LogP contribution >= 0.6 is 0 Å². The molecule has 0 aromatic carbocycles. The van der Waals surface area contributed by atoms with Gasteiger partial charge in [-0.1, -0.05) is 13.8 Å². The number of esters is 1. The van der Waals surface area contributed by atoms with Crippen molar-refractivity contribution in [2.75, 3.05) is 33.4 Å². The Hall–Kier alpha value is -0.610. The van der Waals surface area contributed by atoms with Gasteiger partial charge in [0.15, 0.2) is 0 Å². The van der Waals surface area contributed by atoms with Gasteiger partial charge >= 0.3 is 5.97 Å². The van der Waals surface area contributed by atoms with Gasteiger partial charge in [-0.05, 0) is 33.4 Å². The van der Waals surface area contributed by atoms with E-state index in [1.807, 2.05) is 6.92 Å². The van der Waals surface area contributed by atoms with Crippen molar-refractivity contribution in [3.05, 3.63) is 0 Å². The van der Waals surface area contributed by atoms with Crippen LogP contribution in [-0.4, -0.2) is 49.8 Å². The van der Waals surface area contributed by atoms with E-state index in [-0.39, 0.29) is 11.5 Å². The Morgan fingerprint density at radius 1 is 1.24 bits per heavy atom. The van der Waals surface area contributed by atoms with Gasteiger partial charge in [0, 0.05) is 19.3 Å². The molecular formula is C13H27NO3. The smallest absolute Gasteiger partial charge is 0.307 e. The average Bonchev–Trinajstić information content (AvgIpc) is 2.28. The summed E-state index contributed by atoms with van der Waals surface area (Å²) in [4.78, 5) is 14.0. The van der Waals surface area contributed by atoms with Gasteiger partial charge < -0.3 is 9.47 Å². The molecule has 0 aliphatic heterocycles. The highest BCUT2D eigenvalue weighted by Crippen LogP contribution is 2.24. The summed E-state index contributed by atoms with van der Waals surface area (Å²) in [5.74, 6) is -0.127. The van der Waals surface area contributed by atoms with E-state index in [0.29, 0.717) is 19.6 Å². The maximum absolute atomic E-state index is 11.7. The maximum atomic E-state index is 11.7. The summed E-state index contributed by atoms with van der Waals surface area (Å²) < 4.78 is 10.2. The van der Waals surface area contributed by atoms with Gasteiger partial charge in [-0.25, -0.2) is 0 Å². The summed E-state index contributed by atoms with van der Waals surface area (Å²) in [5.41, 5.74) is -0.175. The Labute approximate surface area is 105 Å². The van der Waals surface area contributed by atoms with Crippen LogP contribution in [0.5, 0.6) is 0 Å². The Kier molecular flexibility index (Phi) is 8.17. The molecular weight excluding hydrogens is 218 g/mol. The molecule has 1 unspecified atom stereocenters. The number of methoxy groups -OCH3 is 1. The second-order valence-corrected chi connectivity index (χ2v) is 4.39. The van der Waals surface area contributed by atoms with E-state index >= 15 is 0 Å². The molecule has 0 N–H and O–H groups in total. The molecule has 0 aliphatic rings. The first kappa shape index (κ1) is 16.4. The van der Waals surface area contributed by atoms with Crippen molar-refractivity contribution >= 4 is 5.97 Å². The van der Waals surface area contributed by atoms with Crippen molar-refractivity contribution in [1.29, 1.82) is 0 Å². The second kappa shape index (κ2) is 8.48. The summed E-state index contributed by atoms with van der Waals surface area (Å²) >= 11 is 0. The third-order valence-electron chi connectivity index (χ3n) is 3.20. The lowest BCUT2D eigenvalue weighted by atomic mass is 9.91. The van der Waals surface area contributed by atoms with Gasteiger partial charge in [0.2, 0.25) is 0 Å². The number of carbonyl (C=O) groups is 1. The third kappa shape index (κ3) is 5.50. The summed E-state index contributed by atoms with van der Waals surface area (Å²) in [6, 6.07) is 0. The largest absolute Gasteiger partial charge is 0.466 e. The molecule has 0 radical (unpaired) electrons. The lowest BCUT2D eigenvalue weighted by Crippen LogP contribution is -2.48. The molecule has 0 bridgehead atoms. The zero-order valence-electron chi connectivity index (χ0n) is 11.9. The van der Waals surface area contributed by atoms with Crippen LogP contribution in [0.3, 0.4) is 0 Å². The Balaban J connectivity index is 4.63. The standard InChI is InChI=1S/C13H27NO3/c1-6-14(7-2)13(4,9-10-16-5)11-12(15)17-8-3/h6-11H2,1-5H3. The van der Waals surface area contributed by atoms with Crippen molar-refractivity contribution < 1.29 is 14.3 Å². The van der Waals surface area contributed by atoms with Gasteiger partial charge in [0.25, 0.3) is 0 Å². The first-order valence-electron chi connectivity index (χ1n) is 6.43. The SMILES string of the molecule is CCOC(=O)CC(C)(CCOC)N(CC)CC. The zero-order chi connectivity index (χ0) is 13.3. The minimum absolute atomic E-state index is 0.127. The first-order chi connectivity index (χ1) is 8.03. The summed E-state index contributed by atoms with van der Waals surface area (Å²) in [7, 11) is 1.69. The molecule has 4 nitrogen and oxygen atoms in total. The van der Waals surface area contributed by atoms with Gasteiger partial charge in [0.1, 0.15) is 0 Å². The molecule has 0 aliphatic carbocycles. The fourth-order valence-electron chi connectivity index (χ4n) is 2.19. The molecule has 0 saturated carbocycles. The highest BCUT2D eigenvalue weighted by molar-refractivity contribution is 5.70. The molecule has 1 atom stereocenters. The zero-order valence-corrected chi connectivity index (χ0v) is 11.9. The van der Waals surface area contributed by atoms with Crippen molar-refractivity contribution in [1.82, 2.24) is 4.90 Å². The van der Waals surface area contributed by atoms with E-state index in [2.05, 4.69) is 25.7 Å². The minimum Gasteiger partial charge on any atom is -0.466 e. The van der Waals surface area contributed by atoms with Crippen molar-refractivity contribution in [3.8, 4) is 0 Å². The van der Waals surface area contributed by atoms with E-state index in [4.69, 9.17) is 9.47 Å². The van der Waals surface area contributed by atoms with Gasteiger partial charge in [-0.2, -0.15) is 0 Å². The fourth-order valence-corrected chi connectivity index (χ4v) is 2.19. The van der Waals surface area contributed by atoms with Crippen LogP contribution in [-0.2, 0) is 14.3 Å². The highest BCUT2D eigenvalue weighted by atomic mass is 16.5. The number of rotatable bonds is 9. The van der Waals surface area contributed by atoms with Crippen LogP contribution in [0.25, 0.3) is 0 Å². The van der Waals surface area contributed by atoms with Crippen LogP contribution in [0, 0.1) is 0 Å². The molecule has 0 amide bonds. The predicted octanol–water partition coefficient (Wildman–Crippen LogP) is 2.08. The normalized spacial score (nSPS) is 14.7. The third-order valence-corrected chi connectivity index (χ3v) is 3.20.